The summed E-state index contributed by atoms with van der Waals surface area (Å²) in [6, 6.07) is 6.58. The summed E-state index contributed by atoms with van der Waals surface area (Å²) in [4.78, 5) is 28.8. The number of carbonyl (C=O) groups is 2. The summed E-state index contributed by atoms with van der Waals surface area (Å²) in [6.45, 7) is 4.21. The molecular weight excluding hydrogens is 469 g/mol. The molecular formula is C23H23Cl2N3O3S. The van der Waals surface area contributed by atoms with Crippen molar-refractivity contribution in [3.8, 4) is 0 Å². The summed E-state index contributed by atoms with van der Waals surface area (Å²) >= 11 is 14.0. The topological polar surface area (TPSA) is 72.4 Å². The highest BCUT2D eigenvalue weighted by molar-refractivity contribution is 7.15. The number of ketones is 1. The van der Waals surface area contributed by atoms with E-state index in [0.29, 0.717) is 34.5 Å². The van der Waals surface area contributed by atoms with Crippen LogP contribution in [0.25, 0.3) is 0 Å². The number of ether oxygens (including phenoxy) is 1. The minimum atomic E-state index is -0.653. The van der Waals surface area contributed by atoms with Gasteiger partial charge in [0.15, 0.2) is 11.5 Å². The molecule has 32 heavy (non-hydrogen) atoms. The van der Waals surface area contributed by atoms with Gasteiger partial charge in [0.25, 0.3) is 5.91 Å². The lowest BCUT2D eigenvalue weighted by Gasteiger charge is -2.37. The van der Waals surface area contributed by atoms with Gasteiger partial charge in [-0.3, -0.25) is 14.5 Å². The van der Waals surface area contributed by atoms with Crippen LogP contribution in [0.4, 0.5) is 5.13 Å². The molecule has 1 aliphatic carbocycles. The summed E-state index contributed by atoms with van der Waals surface area (Å²) in [5, 5.41) is 10.4. The van der Waals surface area contributed by atoms with Crippen LogP contribution in [-0.2, 0) is 20.7 Å². The Labute approximate surface area is 200 Å². The molecule has 1 aromatic heterocycles. The molecule has 1 amide bonds. The quantitative estimate of drug-likeness (QED) is 0.555. The monoisotopic (exact) mass is 491 g/mol. The van der Waals surface area contributed by atoms with Crippen LogP contribution >= 0.6 is 34.5 Å². The Morgan fingerprint density at radius 2 is 2.06 bits per heavy atom. The number of hydrogen-bond donors (Lipinski definition) is 0. The largest absolute Gasteiger partial charge is 0.483 e. The summed E-state index contributed by atoms with van der Waals surface area (Å²) in [6.07, 6.45) is 2.43. The van der Waals surface area contributed by atoms with Crippen LogP contribution in [0.3, 0.4) is 0 Å². The number of alkyl halides is 1. The van der Waals surface area contributed by atoms with Crippen molar-refractivity contribution in [3.63, 3.8) is 0 Å². The molecule has 1 saturated carbocycles. The van der Waals surface area contributed by atoms with Crippen molar-refractivity contribution >= 4 is 51.4 Å². The average Bonchev–Trinajstić information content (AvgIpc) is 3.30. The number of hydrogen-bond acceptors (Lipinski definition) is 6. The third kappa shape index (κ3) is 3.74. The van der Waals surface area contributed by atoms with Crippen LogP contribution in [0.2, 0.25) is 5.02 Å². The molecule has 2 aromatic rings. The number of halogens is 2. The number of nitrogens with zero attached hydrogens (tertiary/aromatic N) is 3. The van der Waals surface area contributed by atoms with E-state index >= 15 is 0 Å². The second kappa shape index (κ2) is 8.43. The molecule has 4 unspecified atom stereocenters. The maximum absolute atomic E-state index is 13.7. The Morgan fingerprint density at radius 3 is 2.81 bits per heavy atom. The van der Waals surface area contributed by atoms with E-state index in [2.05, 4.69) is 24.0 Å². The lowest BCUT2D eigenvalue weighted by atomic mass is 9.77. The highest BCUT2D eigenvalue weighted by Crippen LogP contribution is 2.49. The standard InChI is InChI=1S/C23H23Cl2N3O3S/c1-11(2)8-17-26-27-23(32-17)28-19(12-4-3-5-13(24)9-12)18-20(29)15-10-14(25)6-7-16(15)31-21(18)22(28)30/h3-5,9,11,14-16,19H,6-8,10H2,1-2H3. The number of rotatable bonds is 4. The van der Waals surface area contributed by atoms with Gasteiger partial charge in [-0.2, -0.15) is 0 Å². The number of anilines is 1. The first-order valence-corrected chi connectivity index (χ1v) is 12.5. The molecule has 0 spiro atoms. The molecule has 6 nitrogen and oxygen atoms in total. The molecule has 0 saturated heterocycles. The van der Waals surface area contributed by atoms with Crippen molar-refractivity contribution in [2.75, 3.05) is 4.90 Å². The molecule has 4 atom stereocenters. The van der Waals surface area contributed by atoms with Gasteiger partial charge in [-0.05, 0) is 42.9 Å². The third-order valence-electron chi connectivity index (χ3n) is 6.19. The third-order valence-corrected chi connectivity index (χ3v) is 7.77. The predicted octanol–water partition coefficient (Wildman–Crippen LogP) is 5.11. The van der Waals surface area contributed by atoms with Crippen molar-refractivity contribution < 1.29 is 14.3 Å². The number of aromatic nitrogens is 2. The fourth-order valence-corrected chi connectivity index (χ4v) is 6.37. The lowest BCUT2D eigenvalue weighted by molar-refractivity contribution is -0.131. The van der Waals surface area contributed by atoms with Crippen LogP contribution < -0.4 is 4.90 Å². The van der Waals surface area contributed by atoms with Gasteiger partial charge in [0.1, 0.15) is 11.1 Å². The van der Waals surface area contributed by atoms with Gasteiger partial charge in [-0.1, -0.05) is 48.9 Å². The number of carbonyl (C=O) groups excluding carboxylic acids is 2. The average molecular weight is 492 g/mol. The Morgan fingerprint density at radius 1 is 1.25 bits per heavy atom. The van der Waals surface area contributed by atoms with Crippen molar-refractivity contribution in [3.05, 3.63) is 51.2 Å². The first-order valence-electron chi connectivity index (χ1n) is 10.8. The first kappa shape index (κ1) is 21.9. The van der Waals surface area contributed by atoms with Gasteiger partial charge in [0, 0.05) is 16.8 Å². The Hall–Kier alpha value is -1.96. The van der Waals surface area contributed by atoms with Crippen LogP contribution in [0.5, 0.6) is 0 Å². The van der Waals surface area contributed by atoms with Gasteiger partial charge in [-0.15, -0.1) is 21.8 Å². The van der Waals surface area contributed by atoms with E-state index in [1.54, 1.807) is 17.0 Å². The molecule has 168 valence electrons. The normalized spacial score (nSPS) is 27.6. The molecule has 1 fully saturated rings. The first-order chi connectivity index (χ1) is 15.3. The number of benzene rings is 1. The van der Waals surface area contributed by atoms with Gasteiger partial charge in [0.2, 0.25) is 5.13 Å². The molecule has 3 aliphatic rings. The summed E-state index contributed by atoms with van der Waals surface area (Å²) < 4.78 is 6.18. The van der Waals surface area contributed by atoms with Gasteiger partial charge in [-0.25, -0.2) is 0 Å². The van der Waals surface area contributed by atoms with Crippen molar-refractivity contribution in [2.45, 2.75) is 57.1 Å². The fourth-order valence-electron chi connectivity index (χ4n) is 4.78. The molecule has 9 heteroatoms. The highest BCUT2D eigenvalue weighted by Gasteiger charge is 2.54. The molecule has 0 N–H and O–H groups in total. The van der Waals surface area contributed by atoms with Gasteiger partial charge >= 0.3 is 0 Å². The molecule has 5 rings (SSSR count). The van der Waals surface area contributed by atoms with Crippen molar-refractivity contribution in [1.82, 2.24) is 10.2 Å². The van der Waals surface area contributed by atoms with Crippen molar-refractivity contribution in [1.29, 1.82) is 0 Å². The summed E-state index contributed by atoms with van der Waals surface area (Å²) in [5.74, 6) is -0.205. The fraction of sp³-hybridized carbons (Fsp3) is 0.478. The summed E-state index contributed by atoms with van der Waals surface area (Å²) in [5.41, 5.74) is 1.12. The van der Waals surface area contributed by atoms with Gasteiger partial charge < -0.3 is 4.74 Å². The second-order valence-electron chi connectivity index (χ2n) is 8.99. The maximum Gasteiger partial charge on any atom is 0.296 e. The second-order valence-corrected chi connectivity index (χ2v) is 11.1. The van der Waals surface area contributed by atoms with E-state index < -0.39 is 6.04 Å². The number of amides is 1. The summed E-state index contributed by atoms with van der Waals surface area (Å²) in [7, 11) is 0. The van der Waals surface area contributed by atoms with Crippen LogP contribution in [-0.4, -0.2) is 33.4 Å². The zero-order valence-electron chi connectivity index (χ0n) is 17.8. The highest BCUT2D eigenvalue weighted by atomic mass is 35.5. The zero-order chi connectivity index (χ0) is 22.6. The van der Waals surface area contributed by atoms with E-state index in [1.807, 2.05) is 12.1 Å². The van der Waals surface area contributed by atoms with E-state index in [-0.39, 0.29) is 34.8 Å². The SMILES string of the molecule is CC(C)Cc1nnc(N2C(=O)C3=C(C(=O)C4CC(Cl)CCC4O3)C2c2cccc(Cl)c2)s1. The van der Waals surface area contributed by atoms with Crippen LogP contribution in [0, 0.1) is 11.8 Å². The van der Waals surface area contributed by atoms with Crippen molar-refractivity contribution in [2.24, 2.45) is 11.8 Å². The minimum Gasteiger partial charge on any atom is -0.483 e. The maximum atomic E-state index is 13.7. The van der Waals surface area contributed by atoms with Gasteiger partial charge in [0.05, 0.1) is 17.5 Å². The smallest absolute Gasteiger partial charge is 0.296 e. The van der Waals surface area contributed by atoms with E-state index in [1.165, 1.54) is 11.3 Å². The molecule has 0 bridgehead atoms. The molecule has 3 heterocycles. The van der Waals surface area contributed by atoms with Crippen LogP contribution in [0.15, 0.2) is 35.6 Å². The Balaban J connectivity index is 1.60. The zero-order valence-corrected chi connectivity index (χ0v) is 20.1. The predicted molar refractivity (Wildman–Crippen MR) is 124 cm³/mol. The molecule has 2 aliphatic heterocycles. The Kier molecular flexibility index (Phi) is 5.76. The molecule has 1 aromatic carbocycles. The molecule has 0 radical (unpaired) electrons. The van der Waals surface area contributed by atoms with Crippen LogP contribution in [0.1, 0.15) is 49.7 Å². The van der Waals surface area contributed by atoms with E-state index in [4.69, 9.17) is 27.9 Å². The van der Waals surface area contributed by atoms with E-state index in [9.17, 15) is 9.59 Å². The Bertz CT molecular complexity index is 1120. The number of fused-ring (bicyclic) bond motifs is 1. The van der Waals surface area contributed by atoms with E-state index in [0.717, 1.165) is 23.4 Å². The minimum absolute atomic E-state index is 0.0608. The lowest BCUT2D eigenvalue weighted by Crippen LogP contribution is -2.41. The number of Topliss-reactive ketones (excluding diaryl/α,β-unsaturated/α-hetero) is 1.